The van der Waals surface area contributed by atoms with Crippen LogP contribution in [-0.2, 0) is 0 Å². The van der Waals surface area contributed by atoms with Crippen molar-refractivity contribution < 1.29 is 11.0 Å². The van der Waals surface area contributed by atoms with Crippen LogP contribution in [0.1, 0.15) is 11.9 Å². The molecule has 1 aliphatic rings. The maximum atomic E-state index is 10.6. The third-order valence-electron chi connectivity index (χ3n) is 2.46. The number of anilines is 1. The largest absolute Gasteiger partial charge is 1.00 e. The van der Waals surface area contributed by atoms with Crippen LogP contribution in [0.25, 0.3) is 10.8 Å². The minimum Gasteiger partial charge on any atom is -0.461 e. The van der Waals surface area contributed by atoms with Crippen LogP contribution in [0.15, 0.2) is 36.9 Å². The van der Waals surface area contributed by atoms with E-state index in [4.69, 9.17) is 4.74 Å². The molecular weight excluding hydrogens is 204 g/mol. The van der Waals surface area contributed by atoms with E-state index in [1.165, 1.54) is 0 Å². The average Bonchev–Trinajstić information content (AvgIpc) is 2.35. The maximum Gasteiger partial charge on any atom is 1.00 e. The summed E-state index contributed by atoms with van der Waals surface area (Å²) in [5.41, 5.74) is 1.32. The first-order chi connectivity index (χ1) is 7.86. The second kappa shape index (κ2) is 3.34. The molecule has 0 amide bonds. The summed E-state index contributed by atoms with van der Waals surface area (Å²) in [6, 6.07) is 5.58. The number of pyridine rings is 1. The average molecular weight is 213 g/mol. The zero-order valence-electron chi connectivity index (χ0n) is 9.31. The van der Waals surface area contributed by atoms with Crippen molar-refractivity contribution in [1.29, 1.82) is 0 Å². The summed E-state index contributed by atoms with van der Waals surface area (Å²) in [4.78, 5) is 14.6. The molecule has 0 fully saturated rings. The second-order valence-corrected chi connectivity index (χ2v) is 3.49. The van der Waals surface area contributed by atoms with Gasteiger partial charge in [-0.2, -0.15) is 0 Å². The number of nitrogens with zero attached hydrogens (tertiary/aromatic N) is 1. The Morgan fingerprint density at radius 3 is 3.12 bits per heavy atom. The van der Waals surface area contributed by atoms with Crippen LogP contribution in [0.3, 0.4) is 0 Å². The molecule has 0 unspecified atom stereocenters. The Balaban J connectivity index is 0.00000108. The van der Waals surface area contributed by atoms with E-state index in [1.54, 1.807) is 24.7 Å². The summed E-state index contributed by atoms with van der Waals surface area (Å²) in [6.45, 7) is 0. The topological polar surface area (TPSA) is 51.2 Å². The van der Waals surface area contributed by atoms with Gasteiger partial charge in [0.15, 0.2) is 12.0 Å². The predicted octanol–water partition coefficient (Wildman–Crippen LogP) is 2.44. The maximum absolute atomic E-state index is 10.6. The highest BCUT2D eigenvalue weighted by molar-refractivity contribution is 5.91. The molecule has 0 bridgehead atoms. The number of ether oxygens (including phenoxy) is 1. The normalized spacial score (nSPS) is 12.8. The molecule has 1 aromatic heterocycles. The molecule has 16 heavy (non-hydrogen) atoms. The minimum atomic E-state index is 0. The molecule has 0 saturated carbocycles. The molecule has 0 radical (unpaired) electrons. The van der Waals surface area contributed by atoms with Gasteiger partial charge in [-0.3, -0.25) is 9.78 Å². The fraction of sp³-hybridized carbons (Fsp3) is 0. The third kappa shape index (κ3) is 1.32. The number of rotatable bonds is 1. The zero-order chi connectivity index (χ0) is 11.0. The highest BCUT2D eigenvalue weighted by Gasteiger charge is 2.08. The van der Waals surface area contributed by atoms with Crippen LogP contribution in [0, 0.1) is 0 Å². The SMILES string of the molecule is O=Cc1cc2cc3c(cc2cn1)OC=CN3.[H+]. The lowest BCUT2D eigenvalue weighted by Crippen LogP contribution is -1.99. The molecule has 0 aliphatic carbocycles. The number of hydrogen-bond acceptors (Lipinski definition) is 4. The number of nitrogens with one attached hydrogen (secondary N) is 1. The first-order valence-electron chi connectivity index (χ1n) is 4.84. The molecule has 0 spiro atoms. The highest BCUT2D eigenvalue weighted by Crippen LogP contribution is 2.32. The quantitative estimate of drug-likeness (QED) is 0.739. The van der Waals surface area contributed by atoms with E-state index in [1.807, 2.05) is 12.1 Å². The van der Waals surface area contributed by atoms with Crippen LogP contribution in [0.5, 0.6) is 5.75 Å². The van der Waals surface area contributed by atoms with Crippen molar-refractivity contribution >= 4 is 22.7 Å². The van der Waals surface area contributed by atoms with E-state index in [0.29, 0.717) is 5.69 Å². The van der Waals surface area contributed by atoms with Crippen molar-refractivity contribution in [3.8, 4) is 5.75 Å². The molecule has 1 N–H and O–H groups in total. The van der Waals surface area contributed by atoms with E-state index in [2.05, 4.69) is 10.3 Å². The lowest BCUT2D eigenvalue weighted by molar-refractivity contribution is 0.111. The molecule has 1 aliphatic heterocycles. The summed E-state index contributed by atoms with van der Waals surface area (Å²) in [5, 5.41) is 4.98. The number of hydrogen-bond donors (Lipinski definition) is 1. The molecular formula is C12H9N2O2+. The van der Waals surface area contributed by atoms with Crippen LogP contribution >= 0.6 is 0 Å². The number of carbonyl (C=O) groups excluding carboxylic acids is 1. The molecule has 3 rings (SSSR count). The molecule has 2 aromatic rings. The van der Waals surface area contributed by atoms with Crippen molar-refractivity contribution in [3.05, 3.63) is 42.6 Å². The smallest absolute Gasteiger partial charge is 0.461 e. The van der Waals surface area contributed by atoms with E-state index in [9.17, 15) is 4.79 Å². The Bertz CT molecular complexity index is 611. The zero-order valence-corrected chi connectivity index (χ0v) is 8.31. The van der Waals surface area contributed by atoms with Crippen molar-refractivity contribution in [1.82, 2.24) is 4.98 Å². The standard InChI is InChI=1S/C12H8N2O2/c15-7-10-3-8-4-11-12(16-2-1-13-11)5-9(8)6-14-10/h1-7,13H/p+1. The number of benzene rings is 1. The van der Waals surface area contributed by atoms with E-state index >= 15 is 0 Å². The minimum absolute atomic E-state index is 0. The Kier molecular flexibility index (Phi) is 1.86. The molecule has 0 saturated heterocycles. The first-order valence-corrected chi connectivity index (χ1v) is 4.84. The summed E-state index contributed by atoms with van der Waals surface area (Å²) in [6.07, 6.45) is 5.71. The Morgan fingerprint density at radius 2 is 2.25 bits per heavy atom. The molecule has 4 heteroatoms. The molecule has 2 heterocycles. The third-order valence-corrected chi connectivity index (χ3v) is 2.46. The lowest BCUT2D eigenvalue weighted by Gasteiger charge is -2.14. The fourth-order valence-electron chi connectivity index (χ4n) is 1.70. The van der Waals surface area contributed by atoms with Gasteiger partial charge >= 0.3 is 1.43 Å². The predicted molar refractivity (Wildman–Crippen MR) is 61.6 cm³/mol. The van der Waals surface area contributed by atoms with Gasteiger partial charge in [0.05, 0.1) is 5.69 Å². The number of aldehydes is 1. The number of aromatic nitrogens is 1. The first kappa shape index (κ1) is 8.91. The van der Waals surface area contributed by atoms with Gasteiger partial charge in [0.25, 0.3) is 0 Å². The summed E-state index contributed by atoms with van der Waals surface area (Å²) in [7, 11) is 0. The fourth-order valence-corrected chi connectivity index (χ4v) is 1.70. The number of carbonyl (C=O) groups is 1. The van der Waals surface area contributed by atoms with Gasteiger partial charge in [-0.25, -0.2) is 0 Å². The Labute approximate surface area is 93.0 Å². The summed E-state index contributed by atoms with van der Waals surface area (Å²) in [5.74, 6) is 0.760. The van der Waals surface area contributed by atoms with Crippen LogP contribution in [0.4, 0.5) is 5.69 Å². The summed E-state index contributed by atoms with van der Waals surface area (Å²) >= 11 is 0. The van der Waals surface area contributed by atoms with Crippen LogP contribution in [0.2, 0.25) is 0 Å². The van der Waals surface area contributed by atoms with Crippen LogP contribution < -0.4 is 10.1 Å². The van der Waals surface area contributed by atoms with Crippen molar-refractivity contribution in [2.24, 2.45) is 0 Å². The molecule has 1 aromatic carbocycles. The second-order valence-electron chi connectivity index (χ2n) is 3.49. The highest BCUT2D eigenvalue weighted by atomic mass is 16.5. The van der Waals surface area contributed by atoms with E-state index in [0.717, 1.165) is 28.5 Å². The van der Waals surface area contributed by atoms with Gasteiger partial charge in [-0.05, 0) is 23.6 Å². The lowest BCUT2D eigenvalue weighted by atomic mass is 10.1. The molecule has 4 nitrogen and oxygen atoms in total. The Morgan fingerprint density at radius 1 is 1.31 bits per heavy atom. The van der Waals surface area contributed by atoms with Gasteiger partial charge in [0.2, 0.25) is 0 Å². The van der Waals surface area contributed by atoms with E-state index < -0.39 is 0 Å². The van der Waals surface area contributed by atoms with Gasteiger partial charge in [0, 0.05) is 17.8 Å². The Hall–Kier alpha value is -2.36. The van der Waals surface area contributed by atoms with Gasteiger partial charge < -0.3 is 10.1 Å². The molecule has 0 atom stereocenters. The van der Waals surface area contributed by atoms with Gasteiger partial charge in [-0.15, -0.1) is 0 Å². The monoisotopic (exact) mass is 213 g/mol. The summed E-state index contributed by atoms with van der Waals surface area (Å²) < 4.78 is 5.35. The molecule has 78 valence electrons. The van der Waals surface area contributed by atoms with Gasteiger partial charge in [-0.1, -0.05) is 0 Å². The van der Waals surface area contributed by atoms with Gasteiger partial charge in [0.1, 0.15) is 12.0 Å². The van der Waals surface area contributed by atoms with Crippen molar-refractivity contribution in [2.75, 3.05) is 5.32 Å². The van der Waals surface area contributed by atoms with Crippen LogP contribution in [-0.4, -0.2) is 11.3 Å². The van der Waals surface area contributed by atoms with E-state index in [-0.39, 0.29) is 1.43 Å². The van der Waals surface area contributed by atoms with Crippen molar-refractivity contribution in [3.63, 3.8) is 0 Å². The number of fused-ring (bicyclic) bond motifs is 2. The van der Waals surface area contributed by atoms with Crippen molar-refractivity contribution in [2.45, 2.75) is 0 Å².